The molecule has 0 fully saturated rings. The molecular formula is C16H14Cl2O4S2. The Morgan fingerprint density at radius 3 is 1.12 bits per heavy atom. The molecule has 0 aliphatic heterocycles. The third-order valence-corrected chi connectivity index (χ3v) is 8.47. The number of aryl methyl sites for hydroxylation is 2. The molecule has 24 heavy (non-hydrogen) atoms. The van der Waals surface area contributed by atoms with E-state index in [4.69, 9.17) is 23.2 Å². The maximum Gasteiger partial charge on any atom is 0.219 e. The van der Waals surface area contributed by atoms with Gasteiger partial charge in [-0.3, -0.25) is 0 Å². The van der Waals surface area contributed by atoms with Gasteiger partial charge in [0.1, 0.15) is 0 Å². The zero-order valence-electron chi connectivity index (χ0n) is 12.8. The molecule has 0 atom stereocenters. The van der Waals surface area contributed by atoms with Crippen LogP contribution >= 0.6 is 23.2 Å². The standard InChI is InChI=1S/C16H14Cl2O4S2/c1-11-3-7-13(8-4-11)23(19,20)15(17)16(18)24(21,22)14-9-5-12(2)6-10-14/h3-10H,1-2H3/b16-15+. The van der Waals surface area contributed by atoms with Gasteiger partial charge in [0, 0.05) is 0 Å². The van der Waals surface area contributed by atoms with Crippen LogP contribution in [-0.4, -0.2) is 16.8 Å². The Labute approximate surface area is 151 Å². The van der Waals surface area contributed by atoms with E-state index in [-0.39, 0.29) is 9.79 Å². The zero-order chi connectivity index (χ0) is 18.1. The van der Waals surface area contributed by atoms with Crippen molar-refractivity contribution >= 4 is 42.9 Å². The minimum Gasteiger partial charge on any atom is -0.218 e. The fourth-order valence-electron chi connectivity index (χ4n) is 1.85. The molecule has 0 radical (unpaired) electrons. The summed E-state index contributed by atoms with van der Waals surface area (Å²) in [7, 11) is -8.44. The first-order valence-electron chi connectivity index (χ1n) is 6.75. The lowest BCUT2D eigenvalue weighted by Gasteiger charge is -2.08. The van der Waals surface area contributed by atoms with Gasteiger partial charge in [-0.15, -0.1) is 0 Å². The predicted molar refractivity (Wildman–Crippen MR) is 95.5 cm³/mol. The van der Waals surface area contributed by atoms with Crippen LogP contribution in [0.3, 0.4) is 0 Å². The molecule has 2 rings (SSSR count). The number of benzene rings is 2. The summed E-state index contributed by atoms with van der Waals surface area (Å²) in [4.78, 5) is -0.259. The van der Waals surface area contributed by atoms with Crippen LogP contribution in [0.15, 0.2) is 67.1 Å². The molecule has 0 saturated heterocycles. The highest BCUT2D eigenvalue weighted by Gasteiger charge is 2.30. The summed E-state index contributed by atoms with van der Waals surface area (Å²) in [6.07, 6.45) is 0. The Bertz CT molecular complexity index is 906. The molecule has 2 aromatic carbocycles. The Morgan fingerprint density at radius 1 is 0.625 bits per heavy atom. The van der Waals surface area contributed by atoms with Crippen molar-refractivity contribution in [3.63, 3.8) is 0 Å². The van der Waals surface area contributed by atoms with Crippen molar-refractivity contribution in [3.05, 3.63) is 68.4 Å². The lowest BCUT2D eigenvalue weighted by atomic mass is 10.2. The summed E-state index contributed by atoms with van der Waals surface area (Å²) in [5, 5.41) is 0. The van der Waals surface area contributed by atoms with E-state index in [1.54, 1.807) is 38.1 Å². The van der Waals surface area contributed by atoms with Gasteiger partial charge >= 0.3 is 0 Å². The van der Waals surface area contributed by atoms with E-state index in [1.807, 2.05) is 0 Å². The van der Waals surface area contributed by atoms with Gasteiger partial charge in [0.05, 0.1) is 9.79 Å². The summed E-state index contributed by atoms with van der Waals surface area (Å²) in [5.74, 6) is 0. The first-order valence-corrected chi connectivity index (χ1v) is 10.5. The van der Waals surface area contributed by atoms with Crippen molar-refractivity contribution in [2.45, 2.75) is 23.6 Å². The van der Waals surface area contributed by atoms with E-state index in [1.165, 1.54) is 24.3 Å². The first kappa shape index (κ1) is 19.0. The van der Waals surface area contributed by atoms with Gasteiger partial charge in [-0.1, -0.05) is 58.6 Å². The highest BCUT2D eigenvalue weighted by atomic mass is 35.5. The average Bonchev–Trinajstić information content (AvgIpc) is 2.54. The second kappa shape index (κ2) is 6.88. The highest BCUT2D eigenvalue weighted by molar-refractivity contribution is 8.01. The summed E-state index contributed by atoms with van der Waals surface area (Å²) in [5.41, 5.74) is 1.71. The van der Waals surface area contributed by atoms with Crippen molar-refractivity contribution in [2.75, 3.05) is 0 Å². The Kier molecular flexibility index (Phi) is 5.44. The third-order valence-electron chi connectivity index (χ3n) is 3.29. The Hall–Kier alpha value is -1.34. The molecule has 0 unspecified atom stereocenters. The molecule has 0 amide bonds. The largest absolute Gasteiger partial charge is 0.219 e. The van der Waals surface area contributed by atoms with Crippen LogP contribution in [0.25, 0.3) is 0 Å². The summed E-state index contributed by atoms with van der Waals surface area (Å²) >= 11 is 11.7. The van der Waals surface area contributed by atoms with Crippen LogP contribution in [0, 0.1) is 13.8 Å². The van der Waals surface area contributed by atoms with Crippen LogP contribution in [0.1, 0.15) is 11.1 Å². The Morgan fingerprint density at radius 2 is 0.875 bits per heavy atom. The highest BCUT2D eigenvalue weighted by Crippen LogP contribution is 2.33. The van der Waals surface area contributed by atoms with Crippen molar-refractivity contribution in [2.24, 2.45) is 0 Å². The minimum absolute atomic E-state index is 0.129. The molecule has 0 heterocycles. The summed E-state index contributed by atoms with van der Waals surface area (Å²) in [6, 6.07) is 11.7. The normalized spacial score (nSPS) is 13.5. The van der Waals surface area contributed by atoms with Gasteiger partial charge in [0.15, 0.2) is 8.73 Å². The fraction of sp³-hybridized carbons (Fsp3) is 0.125. The molecule has 2 aromatic rings. The van der Waals surface area contributed by atoms with E-state index in [2.05, 4.69) is 0 Å². The second-order valence-corrected chi connectivity index (χ2v) is 10.2. The molecule has 128 valence electrons. The molecule has 0 bridgehead atoms. The van der Waals surface area contributed by atoms with Gasteiger partial charge in [-0.2, -0.15) is 0 Å². The number of sulfone groups is 2. The quantitative estimate of drug-likeness (QED) is 0.766. The number of halogens is 2. The van der Waals surface area contributed by atoms with Crippen molar-refractivity contribution in [1.82, 2.24) is 0 Å². The third kappa shape index (κ3) is 3.67. The number of hydrogen-bond donors (Lipinski definition) is 0. The summed E-state index contributed by atoms with van der Waals surface area (Å²) < 4.78 is 48.1. The fourth-order valence-corrected chi connectivity index (χ4v) is 5.48. The lowest BCUT2D eigenvalue weighted by molar-refractivity contribution is 0.599. The maximum atomic E-state index is 12.5. The number of rotatable bonds is 4. The second-order valence-electron chi connectivity index (χ2n) is 5.18. The molecule has 0 saturated carbocycles. The van der Waals surface area contributed by atoms with E-state index in [9.17, 15) is 16.8 Å². The van der Waals surface area contributed by atoms with Crippen molar-refractivity contribution < 1.29 is 16.8 Å². The molecule has 4 nitrogen and oxygen atoms in total. The zero-order valence-corrected chi connectivity index (χ0v) is 16.0. The van der Waals surface area contributed by atoms with E-state index >= 15 is 0 Å². The molecule has 0 N–H and O–H groups in total. The Balaban J connectivity index is 2.57. The lowest BCUT2D eigenvalue weighted by Crippen LogP contribution is -2.08. The van der Waals surface area contributed by atoms with E-state index in [0.29, 0.717) is 0 Å². The van der Waals surface area contributed by atoms with Gasteiger partial charge in [-0.25, -0.2) is 16.8 Å². The van der Waals surface area contributed by atoms with Gasteiger partial charge in [0.25, 0.3) is 0 Å². The summed E-state index contributed by atoms with van der Waals surface area (Å²) in [6.45, 7) is 3.59. The number of hydrogen-bond acceptors (Lipinski definition) is 4. The van der Waals surface area contributed by atoms with Crippen LogP contribution in [-0.2, 0) is 19.7 Å². The van der Waals surface area contributed by atoms with Crippen LogP contribution in [0.4, 0.5) is 0 Å². The SMILES string of the molecule is Cc1ccc(S(=O)(=O)/C(Cl)=C(\Cl)S(=O)(=O)c2ccc(C)cc2)cc1. The van der Waals surface area contributed by atoms with Crippen molar-refractivity contribution in [1.29, 1.82) is 0 Å². The molecule has 8 heteroatoms. The van der Waals surface area contributed by atoms with E-state index in [0.717, 1.165) is 11.1 Å². The average molecular weight is 405 g/mol. The first-order chi connectivity index (χ1) is 11.1. The maximum absolute atomic E-state index is 12.5. The van der Waals surface area contributed by atoms with Gasteiger partial charge < -0.3 is 0 Å². The molecule has 0 aromatic heterocycles. The van der Waals surface area contributed by atoms with Gasteiger partial charge in [0.2, 0.25) is 19.7 Å². The molecular weight excluding hydrogens is 391 g/mol. The van der Waals surface area contributed by atoms with Crippen LogP contribution in [0.5, 0.6) is 0 Å². The van der Waals surface area contributed by atoms with Gasteiger partial charge in [-0.05, 0) is 38.1 Å². The van der Waals surface area contributed by atoms with Crippen molar-refractivity contribution in [3.8, 4) is 0 Å². The van der Waals surface area contributed by atoms with Crippen LogP contribution in [0.2, 0.25) is 0 Å². The molecule has 0 aliphatic carbocycles. The minimum atomic E-state index is -4.22. The van der Waals surface area contributed by atoms with E-state index < -0.39 is 28.4 Å². The smallest absolute Gasteiger partial charge is 0.218 e. The monoisotopic (exact) mass is 404 g/mol. The molecule has 0 aliphatic rings. The topological polar surface area (TPSA) is 68.3 Å². The predicted octanol–water partition coefficient (Wildman–Crippen LogP) is 4.16. The van der Waals surface area contributed by atoms with Crippen LogP contribution < -0.4 is 0 Å². The molecule has 0 spiro atoms.